The monoisotopic (exact) mass is 226 g/mol. The first kappa shape index (κ1) is 12.5. The normalized spacial score (nSPS) is 12.2. The van der Waals surface area contributed by atoms with Gasteiger partial charge in [-0.2, -0.15) is 0 Å². The summed E-state index contributed by atoms with van der Waals surface area (Å²) in [6, 6.07) is 4.43. The van der Waals surface area contributed by atoms with E-state index in [4.69, 9.17) is 14.9 Å². The number of aliphatic hydroxyl groups excluding tert-OH is 2. The minimum absolute atomic E-state index is 0.0765. The van der Waals surface area contributed by atoms with E-state index in [0.717, 1.165) is 0 Å². The van der Waals surface area contributed by atoms with Crippen LogP contribution in [0, 0.1) is 0 Å². The summed E-state index contributed by atoms with van der Waals surface area (Å²) in [4.78, 5) is 11.2. The number of rotatable bonds is 5. The molecule has 0 amide bonds. The van der Waals surface area contributed by atoms with Crippen LogP contribution < -0.4 is 4.74 Å². The van der Waals surface area contributed by atoms with Gasteiger partial charge in [-0.25, -0.2) is 0 Å². The number of ether oxygens (including phenoxy) is 1. The molecule has 0 aliphatic rings. The molecule has 3 N–H and O–H groups in total. The zero-order chi connectivity index (χ0) is 12.1. The molecule has 88 valence electrons. The molecule has 0 aliphatic heterocycles. The van der Waals surface area contributed by atoms with E-state index in [1.54, 1.807) is 0 Å². The summed E-state index contributed by atoms with van der Waals surface area (Å²) >= 11 is 0. The number of aliphatic hydroxyl groups is 2. The Bertz CT molecular complexity index is 375. The second-order valence-corrected chi connectivity index (χ2v) is 3.35. The van der Waals surface area contributed by atoms with Gasteiger partial charge in [-0.15, -0.1) is 0 Å². The third kappa shape index (κ3) is 2.95. The molecular formula is C11H14O5. The Morgan fingerprint density at radius 3 is 2.75 bits per heavy atom. The van der Waals surface area contributed by atoms with Crippen molar-refractivity contribution in [3.05, 3.63) is 23.8 Å². The van der Waals surface area contributed by atoms with E-state index in [-0.39, 0.29) is 29.5 Å². The molecule has 1 aromatic carbocycles. The Hall–Kier alpha value is -1.59. The summed E-state index contributed by atoms with van der Waals surface area (Å²) in [5, 5.41) is 27.2. The van der Waals surface area contributed by atoms with Crippen LogP contribution in [0.4, 0.5) is 0 Å². The van der Waals surface area contributed by atoms with E-state index in [0.29, 0.717) is 0 Å². The van der Waals surface area contributed by atoms with Crippen molar-refractivity contribution in [2.45, 2.75) is 13.0 Å². The number of phenolic OH excluding ortho intramolecular Hbond substituents is 1. The maximum absolute atomic E-state index is 11.2. The first-order chi connectivity index (χ1) is 7.56. The molecular weight excluding hydrogens is 212 g/mol. The zero-order valence-corrected chi connectivity index (χ0v) is 8.88. The van der Waals surface area contributed by atoms with Crippen LogP contribution in [0.25, 0.3) is 0 Å². The highest BCUT2D eigenvalue weighted by molar-refractivity contribution is 5.99. The third-order valence-electron chi connectivity index (χ3n) is 2.00. The number of carbonyl (C=O) groups is 1. The summed E-state index contributed by atoms with van der Waals surface area (Å²) in [6.45, 7) is 0.749. The lowest BCUT2D eigenvalue weighted by Gasteiger charge is -2.13. The van der Waals surface area contributed by atoms with Gasteiger partial charge in [0.2, 0.25) is 0 Å². The highest BCUT2D eigenvalue weighted by atomic mass is 16.5. The van der Waals surface area contributed by atoms with Crippen LogP contribution in [-0.4, -0.2) is 40.4 Å². The second-order valence-electron chi connectivity index (χ2n) is 3.35. The first-order valence-electron chi connectivity index (χ1n) is 4.81. The van der Waals surface area contributed by atoms with E-state index < -0.39 is 12.7 Å². The van der Waals surface area contributed by atoms with E-state index in [2.05, 4.69) is 0 Å². The Labute approximate surface area is 92.9 Å². The van der Waals surface area contributed by atoms with Crippen LogP contribution in [0.1, 0.15) is 17.3 Å². The van der Waals surface area contributed by atoms with Crippen molar-refractivity contribution in [2.24, 2.45) is 0 Å². The van der Waals surface area contributed by atoms with Crippen molar-refractivity contribution in [3.63, 3.8) is 0 Å². The van der Waals surface area contributed by atoms with Crippen LogP contribution in [0.15, 0.2) is 18.2 Å². The van der Waals surface area contributed by atoms with E-state index in [1.807, 2.05) is 0 Å². The van der Waals surface area contributed by atoms with Gasteiger partial charge in [-0.05, 0) is 19.1 Å². The van der Waals surface area contributed by atoms with Crippen LogP contribution in [-0.2, 0) is 0 Å². The largest absolute Gasteiger partial charge is 0.507 e. The Balaban J connectivity index is 2.87. The quantitative estimate of drug-likeness (QED) is 0.630. The van der Waals surface area contributed by atoms with Gasteiger partial charge in [0.1, 0.15) is 29.8 Å². The standard InChI is InChI=1S/C11H14O5/c1-7(13)11-9(15)3-2-4-10(11)16-6-8(14)5-12/h2-4,8,12,14-15H,5-6H2,1H3. The van der Waals surface area contributed by atoms with Gasteiger partial charge in [-0.3, -0.25) is 4.79 Å². The van der Waals surface area contributed by atoms with Crippen molar-refractivity contribution in [1.82, 2.24) is 0 Å². The first-order valence-corrected chi connectivity index (χ1v) is 4.81. The zero-order valence-electron chi connectivity index (χ0n) is 8.88. The topological polar surface area (TPSA) is 87.0 Å². The fourth-order valence-electron chi connectivity index (χ4n) is 1.23. The molecule has 0 saturated heterocycles. The summed E-state index contributed by atoms with van der Waals surface area (Å²) < 4.78 is 5.14. The smallest absolute Gasteiger partial charge is 0.167 e. The molecule has 1 rings (SSSR count). The van der Waals surface area contributed by atoms with E-state index in [9.17, 15) is 9.90 Å². The van der Waals surface area contributed by atoms with E-state index in [1.165, 1.54) is 25.1 Å². The number of ketones is 1. The lowest BCUT2D eigenvalue weighted by molar-refractivity contribution is 0.0531. The van der Waals surface area contributed by atoms with Gasteiger partial charge >= 0.3 is 0 Å². The molecule has 0 spiro atoms. The second kappa shape index (κ2) is 5.48. The summed E-state index contributed by atoms with van der Waals surface area (Å²) in [5.74, 6) is -0.296. The van der Waals surface area contributed by atoms with Crippen molar-refractivity contribution >= 4 is 5.78 Å². The van der Waals surface area contributed by atoms with Crippen molar-refractivity contribution < 1.29 is 24.9 Å². The Morgan fingerprint density at radius 2 is 2.19 bits per heavy atom. The third-order valence-corrected chi connectivity index (χ3v) is 2.00. The lowest BCUT2D eigenvalue weighted by Crippen LogP contribution is -2.21. The van der Waals surface area contributed by atoms with Crippen LogP contribution in [0.3, 0.4) is 0 Å². The maximum atomic E-state index is 11.2. The average Bonchev–Trinajstić information content (AvgIpc) is 2.25. The number of benzene rings is 1. The molecule has 1 aromatic rings. The molecule has 16 heavy (non-hydrogen) atoms. The lowest BCUT2D eigenvalue weighted by atomic mass is 10.1. The minimum atomic E-state index is -1.01. The SMILES string of the molecule is CC(=O)c1c(O)cccc1OCC(O)CO. The molecule has 0 bridgehead atoms. The van der Waals surface area contributed by atoms with E-state index >= 15 is 0 Å². The average molecular weight is 226 g/mol. The minimum Gasteiger partial charge on any atom is -0.507 e. The predicted molar refractivity (Wildman–Crippen MR) is 56.7 cm³/mol. The highest BCUT2D eigenvalue weighted by Crippen LogP contribution is 2.27. The molecule has 0 radical (unpaired) electrons. The summed E-state index contributed by atoms with van der Waals surface area (Å²) in [5.41, 5.74) is 0.0765. The van der Waals surface area contributed by atoms with Gasteiger partial charge in [0, 0.05) is 0 Å². The number of hydrogen-bond donors (Lipinski definition) is 3. The number of hydrogen-bond acceptors (Lipinski definition) is 5. The molecule has 5 heteroatoms. The van der Waals surface area contributed by atoms with Gasteiger partial charge in [0.25, 0.3) is 0 Å². The molecule has 0 aromatic heterocycles. The van der Waals surface area contributed by atoms with Gasteiger partial charge in [0.05, 0.1) is 6.61 Å². The van der Waals surface area contributed by atoms with Crippen molar-refractivity contribution in [2.75, 3.05) is 13.2 Å². The number of carbonyl (C=O) groups excluding carboxylic acids is 1. The number of phenols is 1. The van der Waals surface area contributed by atoms with Gasteiger partial charge in [0.15, 0.2) is 5.78 Å². The van der Waals surface area contributed by atoms with Gasteiger partial charge < -0.3 is 20.1 Å². The van der Waals surface area contributed by atoms with Crippen molar-refractivity contribution in [1.29, 1.82) is 0 Å². The summed E-state index contributed by atoms with van der Waals surface area (Å²) in [6.07, 6.45) is -1.01. The van der Waals surface area contributed by atoms with Crippen molar-refractivity contribution in [3.8, 4) is 11.5 Å². The van der Waals surface area contributed by atoms with Gasteiger partial charge in [-0.1, -0.05) is 6.07 Å². The molecule has 1 unspecified atom stereocenters. The molecule has 5 nitrogen and oxygen atoms in total. The molecule has 0 heterocycles. The van der Waals surface area contributed by atoms with Crippen LogP contribution in [0.2, 0.25) is 0 Å². The maximum Gasteiger partial charge on any atom is 0.167 e. The van der Waals surface area contributed by atoms with Crippen LogP contribution >= 0.6 is 0 Å². The fraction of sp³-hybridized carbons (Fsp3) is 0.364. The number of Topliss-reactive ketones (excluding diaryl/α,β-unsaturated/α-hetero) is 1. The Morgan fingerprint density at radius 1 is 1.50 bits per heavy atom. The molecule has 0 saturated carbocycles. The predicted octanol–water partition coefficient (Wildman–Crippen LogP) is 0.327. The molecule has 0 fully saturated rings. The summed E-state index contributed by atoms with van der Waals surface area (Å²) in [7, 11) is 0. The Kier molecular flexibility index (Phi) is 4.28. The highest BCUT2D eigenvalue weighted by Gasteiger charge is 2.14. The number of aromatic hydroxyl groups is 1. The molecule has 0 aliphatic carbocycles. The molecule has 1 atom stereocenters. The van der Waals surface area contributed by atoms with Crippen LogP contribution in [0.5, 0.6) is 11.5 Å². The fourth-order valence-corrected chi connectivity index (χ4v) is 1.23.